The molecule has 0 saturated heterocycles. The highest BCUT2D eigenvalue weighted by Gasteiger charge is 2.20. The number of carbonyl (C=O) groups excluding carboxylic acids is 1. The van der Waals surface area contributed by atoms with Crippen LogP contribution in [-0.4, -0.2) is 24.1 Å². The highest BCUT2D eigenvalue weighted by atomic mass is 16.5. The third-order valence-electron chi connectivity index (χ3n) is 5.08. The van der Waals surface area contributed by atoms with Gasteiger partial charge in [-0.05, 0) is 42.3 Å². The van der Waals surface area contributed by atoms with Crippen molar-refractivity contribution in [3.63, 3.8) is 0 Å². The third-order valence-corrected chi connectivity index (χ3v) is 5.08. The normalized spacial score (nSPS) is 13.2. The van der Waals surface area contributed by atoms with Crippen molar-refractivity contribution in [1.82, 2.24) is 4.90 Å². The monoisotopic (exact) mass is 402 g/mol. The number of fused-ring (bicyclic) bond motifs is 1. The van der Waals surface area contributed by atoms with Crippen molar-refractivity contribution in [1.29, 1.82) is 0 Å². The Labute approximate surface area is 177 Å². The molecule has 0 saturated carbocycles. The highest BCUT2D eigenvalue weighted by molar-refractivity contribution is 5.89. The summed E-state index contributed by atoms with van der Waals surface area (Å²) in [6.07, 6.45) is 0. The van der Waals surface area contributed by atoms with Crippen molar-refractivity contribution in [3.8, 4) is 5.75 Å². The first kappa shape index (κ1) is 20.0. The molecule has 5 heteroatoms. The van der Waals surface area contributed by atoms with Gasteiger partial charge in [0.15, 0.2) is 0 Å². The molecule has 0 fully saturated rings. The Hall–Kier alpha value is -3.31. The molecular weight excluding hydrogens is 376 g/mol. The number of hydrogen-bond acceptors (Lipinski definition) is 3. The predicted molar refractivity (Wildman–Crippen MR) is 117 cm³/mol. The zero-order chi connectivity index (χ0) is 20.8. The number of aryl methyl sites for hydroxylation is 1. The molecule has 0 aliphatic carbocycles. The minimum absolute atomic E-state index is 0.126. The summed E-state index contributed by atoms with van der Waals surface area (Å²) >= 11 is 0. The van der Waals surface area contributed by atoms with Gasteiger partial charge in [-0.3, -0.25) is 0 Å². The van der Waals surface area contributed by atoms with Crippen LogP contribution in [0.4, 0.5) is 10.5 Å². The summed E-state index contributed by atoms with van der Waals surface area (Å²) in [4.78, 5) is 14.5. The van der Waals surface area contributed by atoms with Crippen molar-refractivity contribution in [2.24, 2.45) is 0 Å². The van der Waals surface area contributed by atoms with Crippen LogP contribution in [0.5, 0.6) is 5.75 Å². The molecule has 0 bridgehead atoms. The SMILES string of the molecule is Cc1ccc(COCc2ccc3c(c2)CN(C(=O)Nc2ccccc2)CCO3)cc1. The van der Waals surface area contributed by atoms with Crippen LogP contribution in [0.25, 0.3) is 0 Å². The molecule has 0 unspecified atom stereocenters. The molecule has 1 heterocycles. The summed E-state index contributed by atoms with van der Waals surface area (Å²) < 4.78 is 11.7. The van der Waals surface area contributed by atoms with E-state index in [9.17, 15) is 4.79 Å². The smallest absolute Gasteiger partial charge is 0.322 e. The van der Waals surface area contributed by atoms with E-state index in [-0.39, 0.29) is 6.03 Å². The zero-order valence-electron chi connectivity index (χ0n) is 17.1. The van der Waals surface area contributed by atoms with E-state index in [2.05, 4.69) is 42.6 Å². The standard InChI is InChI=1S/C25H26N2O3/c1-19-7-9-20(10-8-19)17-29-18-21-11-12-24-22(15-21)16-27(13-14-30-24)25(28)26-23-5-3-2-4-6-23/h2-12,15H,13-14,16-18H2,1H3,(H,26,28). The first-order valence-corrected chi connectivity index (χ1v) is 10.2. The van der Waals surface area contributed by atoms with Gasteiger partial charge in [0.05, 0.1) is 26.3 Å². The topological polar surface area (TPSA) is 50.8 Å². The van der Waals surface area contributed by atoms with Gasteiger partial charge in [-0.25, -0.2) is 4.79 Å². The molecule has 1 aliphatic heterocycles. The molecule has 3 aromatic carbocycles. The van der Waals surface area contributed by atoms with E-state index in [1.54, 1.807) is 4.90 Å². The van der Waals surface area contributed by atoms with Crippen LogP contribution in [-0.2, 0) is 24.5 Å². The average molecular weight is 402 g/mol. The van der Waals surface area contributed by atoms with Gasteiger partial charge in [-0.1, -0.05) is 54.1 Å². The molecule has 1 aliphatic rings. The van der Waals surface area contributed by atoms with E-state index in [1.807, 2.05) is 42.5 Å². The number of nitrogens with one attached hydrogen (secondary N) is 1. The lowest BCUT2D eigenvalue weighted by Crippen LogP contribution is -2.36. The molecular formula is C25H26N2O3. The Bertz CT molecular complexity index is 987. The number of hydrogen-bond donors (Lipinski definition) is 1. The molecule has 3 aromatic rings. The van der Waals surface area contributed by atoms with Crippen molar-refractivity contribution < 1.29 is 14.3 Å². The van der Waals surface area contributed by atoms with E-state index in [4.69, 9.17) is 9.47 Å². The summed E-state index contributed by atoms with van der Waals surface area (Å²) in [6.45, 7) is 4.66. The van der Waals surface area contributed by atoms with E-state index in [0.29, 0.717) is 32.9 Å². The third kappa shape index (κ3) is 5.19. The maximum atomic E-state index is 12.7. The second-order valence-corrected chi connectivity index (χ2v) is 7.49. The summed E-state index contributed by atoms with van der Waals surface area (Å²) in [6, 6.07) is 23.8. The van der Waals surface area contributed by atoms with E-state index < -0.39 is 0 Å². The van der Waals surface area contributed by atoms with Crippen molar-refractivity contribution in [2.45, 2.75) is 26.7 Å². The van der Waals surface area contributed by atoms with Gasteiger partial charge < -0.3 is 19.7 Å². The Morgan fingerprint density at radius 3 is 2.53 bits per heavy atom. The Morgan fingerprint density at radius 2 is 1.73 bits per heavy atom. The van der Waals surface area contributed by atoms with E-state index in [0.717, 1.165) is 28.1 Å². The molecule has 0 radical (unpaired) electrons. The lowest BCUT2D eigenvalue weighted by molar-refractivity contribution is 0.107. The number of amides is 2. The molecule has 2 amide bonds. The maximum absolute atomic E-state index is 12.7. The molecule has 4 rings (SSSR count). The van der Waals surface area contributed by atoms with Crippen LogP contribution in [0.2, 0.25) is 0 Å². The highest BCUT2D eigenvalue weighted by Crippen LogP contribution is 2.25. The van der Waals surface area contributed by atoms with Gasteiger partial charge in [-0.2, -0.15) is 0 Å². The summed E-state index contributed by atoms with van der Waals surface area (Å²) in [5.41, 5.74) is 5.24. The largest absolute Gasteiger partial charge is 0.491 e. The number of para-hydroxylation sites is 1. The number of carbonyl (C=O) groups is 1. The van der Waals surface area contributed by atoms with Crippen LogP contribution in [0, 0.1) is 6.92 Å². The van der Waals surface area contributed by atoms with Gasteiger partial charge in [0.25, 0.3) is 0 Å². The van der Waals surface area contributed by atoms with Gasteiger partial charge in [0, 0.05) is 11.3 Å². The maximum Gasteiger partial charge on any atom is 0.322 e. The van der Waals surface area contributed by atoms with Crippen molar-refractivity contribution in [3.05, 3.63) is 95.1 Å². The summed E-state index contributed by atoms with van der Waals surface area (Å²) in [5, 5.41) is 2.95. The predicted octanol–water partition coefficient (Wildman–Crippen LogP) is 5.14. The second-order valence-electron chi connectivity index (χ2n) is 7.49. The molecule has 1 N–H and O–H groups in total. The quantitative estimate of drug-likeness (QED) is 0.643. The fraction of sp³-hybridized carbons (Fsp3) is 0.240. The number of nitrogens with zero attached hydrogens (tertiary/aromatic N) is 1. The van der Waals surface area contributed by atoms with Crippen LogP contribution in [0.1, 0.15) is 22.3 Å². The lowest BCUT2D eigenvalue weighted by Gasteiger charge is -2.20. The number of rotatable bonds is 5. The molecule has 0 atom stereocenters. The fourth-order valence-electron chi connectivity index (χ4n) is 3.41. The number of benzene rings is 3. The number of urea groups is 1. The molecule has 5 nitrogen and oxygen atoms in total. The van der Waals surface area contributed by atoms with Gasteiger partial charge in [-0.15, -0.1) is 0 Å². The van der Waals surface area contributed by atoms with Gasteiger partial charge in [0.1, 0.15) is 12.4 Å². The van der Waals surface area contributed by atoms with Crippen molar-refractivity contribution in [2.75, 3.05) is 18.5 Å². The molecule has 154 valence electrons. The Kier molecular flexibility index (Phi) is 6.30. The van der Waals surface area contributed by atoms with E-state index in [1.165, 1.54) is 5.56 Å². The molecule has 0 spiro atoms. The molecule has 0 aromatic heterocycles. The minimum Gasteiger partial charge on any atom is -0.491 e. The summed E-state index contributed by atoms with van der Waals surface area (Å²) in [7, 11) is 0. The van der Waals surface area contributed by atoms with Gasteiger partial charge >= 0.3 is 6.03 Å². The first-order valence-electron chi connectivity index (χ1n) is 10.2. The second kappa shape index (κ2) is 9.46. The first-order chi connectivity index (χ1) is 14.7. The lowest BCUT2D eigenvalue weighted by atomic mass is 10.1. The summed E-state index contributed by atoms with van der Waals surface area (Å²) in [5.74, 6) is 0.826. The fourth-order valence-corrected chi connectivity index (χ4v) is 3.41. The van der Waals surface area contributed by atoms with Crippen LogP contribution < -0.4 is 10.1 Å². The zero-order valence-corrected chi connectivity index (χ0v) is 17.1. The molecule has 30 heavy (non-hydrogen) atoms. The Balaban J connectivity index is 1.38. The van der Waals surface area contributed by atoms with Gasteiger partial charge in [0.2, 0.25) is 0 Å². The average Bonchev–Trinajstić information content (AvgIpc) is 2.98. The van der Waals surface area contributed by atoms with Crippen LogP contribution in [0.15, 0.2) is 72.8 Å². The van der Waals surface area contributed by atoms with Crippen LogP contribution in [0.3, 0.4) is 0 Å². The number of ether oxygens (including phenoxy) is 2. The van der Waals surface area contributed by atoms with E-state index >= 15 is 0 Å². The van der Waals surface area contributed by atoms with Crippen molar-refractivity contribution >= 4 is 11.7 Å². The Morgan fingerprint density at radius 1 is 1.00 bits per heavy atom. The minimum atomic E-state index is -0.126. The number of anilines is 1. The van der Waals surface area contributed by atoms with Crippen LogP contribution >= 0.6 is 0 Å².